The predicted molar refractivity (Wildman–Crippen MR) is 96.0 cm³/mol. The highest BCUT2D eigenvalue weighted by atomic mass is 35.5. The van der Waals surface area contributed by atoms with Gasteiger partial charge in [-0.3, -0.25) is 0 Å². The summed E-state index contributed by atoms with van der Waals surface area (Å²) in [7, 11) is 0. The quantitative estimate of drug-likeness (QED) is 0.537. The summed E-state index contributed by atoms with van der Waals surface area (Å²) in [4.78, 5) is 8.75. The Bertz CT molecular complexity index is 996. The minimum Gasteiger partial charge on any atom is -0.354 e. The van der Waals surface area contributed by atoms with Crippen LogP contribution in [0.4, 0.5) is 5.95 Å². The van der Waals surface area contributed by atoms with Crippen LogP contribution in [0.5, 0.6) is 0 Å². The fraction of sp³-hybridized carbons (Fsp3) is 0.125. The van der Waals surface area contributed by atoms with Gasteiger partial charge in [-0.05, 0) is 24.3 Å². The van der Waals surface area contributed by atoms with Gasteiger partial charge in [0.15, 0.2) is 5.82 Å². The maximum Gasteiger partial charge on any atom is 0.223 e. The summed E-state index contributed by atoms with van der Waals surface area (Å²) in [6.45, 7) is 0.602. The number of aromatic amines is 1. The zero-order chi connectivity index (χ0) is 17.8. The largest absolute Gasteiger partial charge is 0.354 e. The molecule has 26 heavy (non-hydrogen) atoms. The molecule has 0 atom stereocenters. The number of hydrogen-bond acceptors (Lipinski definition) is 7. The molecule has 0 saturated carbocycles. The standard InChI is InChI=1S/C16H14ClN9/c17-12-2-1-3-13(8-12)26-10-11(9-20-26)14-4-6-18-16(21-14)19-7-5-15-22-24-25-23-15/h1-4,6,8-10H,5,7H2,(H,18,19,21)(H,22,23,24,25). The molecule has 4 rings (SSSR count). The molecule has 0 bridgehead atoms. The smallest absolute Gasteiger partial charge is 0.223 e. The van der Waals surface area contributed by atoms with E-state index in [0.29, 0.717) is 29.8 Å². The molecular weight excluding hydrogens is 354 g/mol. The van der Waals surface area contributed by atoms with Crippen molar-refractivity contribution in [2.75, 3.05) is 11.9 Å². The Morgan fingerprint density at radius 2 is 2.19 bits per heavy atom. The number of tetrazole rings is 1. The van der Waals surface area contributed by atoms with Crippen LogP contribution in [0.3, 0.4) is 0 Å². The molecule has 0 amide bonds. The maximum absolute atomic E-state index is 6.04. The molecule has 0 aliphatic heterocycles. The second-order valence-corrected chi connectivity index (χ2v) is 5.86. The third kappa shape index (κ3) is 3.67. The van der Waals surface area contributed by atoms with Crippen molar-refractivity contribution in [2.24, 2.45) is 0 Å². The summed E-state index contributed by atoms with van der Waals surface area (Å²) >= 11 is 6.04. The lowest BCUT2D eigenvalue weighted by Crippen LogP contribution is -2.09. The van der Waals surface area contributed by atoms with Crippen LogP contribution in [-0.2, 0) is 6.42 Å². The summed E-state index contributed by atoms with van der Waals surface area (Å²) in [6, 6.07) is 9.34. The number of hydrogen-bond donors (Lipinski definition) is 2. The fourth-order valence-electron chi connectivity index (χ4n) is 2.39. The van der Waals surface area contributed by atoms with Gasteiger partial charge in [-0.25, -0.2) is 14.6 Å². The van der Waals surface area contributed by atoms with Crippen molar-refractivity contribution in [3.05, 3.63) is 59.8 Å². The van der Waals surface area contributed by atoms with Gasteiger partial charge >= 0.3 is 0 Å². The van der Waals surface area contributed by atoms with Gasteiger partial charge in [0.05, 0.1) is 17.6 Å². The topological polar surface area (TPSA) is 110 Å². The molecule has 9 nitrogen and oxygen atoms in total. The van der Waals surface area contributed by atoms with Crippen LogP contribution >= 0.6 is 11.6 Å². The van der Waals surface area contributed by atoms with Crippen molar-refractivity contribution in [1.82, 2.24) is 40.4 Å². The molecule has 3 heterocycles. The van der Waals surface area contributed by atoms with Crippen molar-refractivity contribution < 1.29 is 0 Å². The number of aromatic nitrogens is 8. The maximum atomic E-state index is 6.04. The lowest BCUT2D eigenvalue weighted by Gasteiger charge is -2.04. The molecule has 1 aromatic carbocycles. The van der Waals surface area contributed by atoms with E-state index in [1.54, 1.807) is 17.1 Å². The molecule has 0 unspecified atom stereocenters. The van der Waals surface area contributed by atoms with Crippen LogP contribution in [0, 0.1) is 0 Å². The molecule has 3 aromatic heterocycles. The van der Waals surface area contributed by atoms with Gasteiger partial charge in [-0.1, -0.05) is 22.9 Å². The van der Waals surface area contributed by atoms with E-state index in [1.165, 1.54) is 0 Å². The van der Waals surface area contributed by atoms with Crippen LogP contribution in [0.25, 0.3) is 16.9 Å². The third-order valence-electron chi connectivity index (χ3n) is 3.63. The highest BCUT2D eigenvalue weighted by Gasteiger charge is 2.07. The van der Waals surface area contributed by atoms with Crippen molar-refractivity contribution >= 4 is 17.5 Å². The zero-order valence-corrected chi connectivity index (χ0v) is 14.3. The average Bonchev–Trinajstić information content (AvgIpc) is 3.34. The summed E-state index contributed by atoms with van der Waals surface area (Å²) in [5, 5.41) is 21.9. The molecule has 0 fully saturated rings. The molecule has 2 N–H and O–H groups in total. The number of H-pyrrole nitrogens is 1. The summed E-state index contributed by atoms with van der Waals surface area (Å²) in [5.41, 5.74) is 2.54. The van der Waals surface area contributed by atoms with Crippen LogP contribution < -0.4 is 5.32 Å². The highest BCUT2D eigenvalue weighted by molar-refractivity contribution is 6.30. The van der Waals surface area contributed by atoms with Gasteiger partial charge in [0.1, 0.15) is 0 Å². The van der Waals surface area contributed by atoms with Crippen LogP contribution in [0.15, 0.2) is 48.9 Å². The second-order valence-electron chi connectivity index (χ2n) is 5.42. The number of nitrogens with one attached hydrogen (secondary N) is 2. The van der Waals surface area contributed by atoms with Crippen molar-refractivity contribution in [3.63, 3.8) is 0 Å². The summed E-state index contributed by atoms with van der Waals surface area (Å²) in [5.74, 6) is 1.16. The normalized spacial score (nSPS) is 10.8. The second kappa shape index (κ2) is 7.28. The molecule has 0 saturated heterocycles. The van der Waals surface area contributed by atoms with Crippen LogP contribution in [0.2, 0.25) is 5.02 Å². The van der Waals surface area contributed by atoms with E-state index >= 15 is 0 Å². The van der Waals surface area contributed by atoms with Crippen molar-refractivity contribution in [2.45, 2.75) is 6.42 Å². The number of benzene rings is 1. The van der Waals surface area contributed by atoms with E-state index in [-0.39, 0.29) is 0 Å². The molecule has 4 aromatic rings. The highest BCUT2D eigenvalue weighted by Crippen LogP contribution is 2.20. The minimum atomic E-state index is 0.529. The Morgan fingerprint density at radius 3 is 3.04 bits per heavy atom. The molecule has 130 valence electrons. The molecule has 0 spiro atoms. The van der Waals surface area contributed by atoms with E-state index in [4.69, 9.17) is 11.6 Å². The van der Waals surface area contributed by atoms with E-state index in [2.05, 4.69) is 41.0 Å². The molecule has 0 radical (unpaired) electrons. The van der Waals surface area contributed by atoms with E-state index in [1.807, 2.05) is 36.5 Å². The Labute approximate surface area is 153 Å². The first-order valence-corrected chi connectivity index (χ1v) is 8.26. The number of anilines is 1. The number of rotatable bonds is 6. The van der Waals surface area contributed by atoms with Gasteiger partial charge in [-0.2, -0.15) is 10.3 Å². The number of nitrogens with zero attached hydrogens (tertiary/aromatic N) is 7. The lowest BCUT2D eigenvalue weighted by atomic mass is 10.2. The van der Waals surface area contributed by atoms with E-state index < -0.39 is 0 Å². The van der Waals surface area contributed by atoms with E-state index in [0.717, 1.165) is 16.9 Å². The van der Waals surface area contributed by atoms with Crippen molar-refractivity contribution in [1.29, 1.82) is 0 Å². The van der Waals surface area contributed by atoms with Gasteiger partial charge in [0.25, 0.3) is 0 Å². The third-order valence-corrected chi connectivity index (χ3v) is 3.86. The molecular formula is C16H14ClN9. The first-order valence-electron chi connectivity index (χ1n) is 7.88. The van der Waals surface area contributed by atoms with Crippen molar-refractivity contribution in [3.8, 4) is 16.9 Å². The van der Waals surface area contributed by atoms with Gasteiger partial charge in [0.2, 0.25) is 5.95 Å². The minimum absolute atomic E-state index is 0.529. The lowest BCUT2D eigenvalue weighted by molar-refractivity contribution is 0.880. The Kier molecular flexibility index (Phi) is 4.52. The summed E-state index contributed by atoms with van der Waals surface area (Å²) in [6.07, 6.45) is 5.98. The monoisotopic (exact) mass is 367 g/mol. The Hall–Kier alpha value is -3.33. The SMILES string of the molecule is Clc1cccc(-n2cc(-c3ccnc(NCCc4nn[nH]n4)n3)cn2)c1. The summed E-state index contributed by atoms with van der Waals surface area (Å²) < 4.78 is 1.76. The zero-order valence-electron chi connectivity index (χ0n) is 13.5. The average molecular weight is 368 g/mol. The van der Waals surface area contributed by atoms with E-state index in [9.17, 15) is 0 Å². The van der Waals surface area contributed by atoms with Gasteiger partial charge in [0, 0.05) is 35.9 Å². The Morgan fingerprint density at radius 1 is 1.23 bits per heavy atom. The van der Waals surface area contributed by atoms with Gasteiger partial charge < -0.3 is 5.32 Å². The predicted octanol–water partition coefficient (Wildman–Crippen LogP) is 2.15. The fourth-order valence-corrected chi connectivity index (χ4v) is 2.58. The molecule has 0 aliphatic rings. The Balaban J connectivity index is 1.48. The molecule has 10 heteroatoms. The first kappa shape index (κ1) is 16.2. The van der Waals surface area contributed by atoms with Gasteiger partial charge in [-0.15, -0.1) is 10.2 Å². The number of halogens is 1. The van der Waals surface area contributed by atoms with Crippen LogP contribution in [0.1, 0.15) is 5.82 Å². The first-order chi connectivity index (χ1) is 12.8. The molecule has 0 aliphatic carbocycles. The van der Waals surface area contributed by atoms with Crippen LogP contribution in [-0.4, -0.2) is 46.9 Å².